The zero-order valence-electron chi connectivity index (χ0n) is 7.10. The molecule has 1 aromatic rings. The maximum absolute atomic E-state index is 13.6. The summed E-state index contributed by atoms with van der Waals surface area (Å²) in [6, 6.07) is 3.45. The van der Waals surface area contributed by atoms with Gasteiger partial charge in [0, 0.05) is 9.13 Å². The molecule has 0 unspecified atom stereocenters. The number of rotatable bonds is 1. The highest BCUT2D eigenvalue weighted by Crippen LogP contribution is 2.31. The number of halogens is 3. The molecule has 1 aliphatic heterocycles. The highest BCUT2D eigenvalue weighted by Gasteiger charge is 2.23. The Morgan fingerprint density at radius 1 is 1.36 bits per heavy atom. The third-order valence-electron chi connectivity index (χ3n) is 1.90. The van der Waals surface area contributed by atoms with E-state index in [0.717, 1.165) is 3.57 Å². The first kappa shape index (κ1) is 10.8. The van der Waals surface area contributed by atoms with Crippen molar-refractivity contribution in [1.29, 1.82) is 0 Å². The molecule has 1 aromatic carbocycles. The second-order valence-electron chi connectivity index (χ2n) is 2.86. The summed E-state index contributed by atoms with van der Waals surface area (Å²) in [6.45, 7) is 1.04. The molecule has 0 bridgehead atoms. The Bertz CT molecular complexity index is 353. The minimum atomic E-state index is -0.555. The quantitative estimate of drug-likeness (QED) is 0.556. The number of hydrogen-bond acceptors (Lipinski definition) is 2. The van der Waals surface area contributed by atoms with Gasteiger partial charge < -0.3 is 9.47 Å². The molecule has 0 spiro atoms. The first-order chi connectivity index (χ1) is 6.68. The molecule has 0 aliphatic carbocycles. The van der Waals surface area contributed by atoms with Gasteiger partial charge in [0.2, 0.25) is 0 Å². The first-order valence-electron chi connectivity index (χ1n) is 4.06. The van der Waals surface area contributed by atoms with Gasteiger partial charge in [-0.15, -0.1) is 0 Å². The van der Waals surface area contributed by atoms with E-state index in [9.17, 15) is 4.39 Å². The summed E-state index contributed by atoms with van der Waals surface area (Å²) in [7, 11) is 0. The van der Waals surface area contributed by atoms with Crippen molar-refractivity contribution in [2.75, 3.05) is 13.2 Å². The summed E-state index contributed by atoms with van der Waals surface area (Å²) in [6.07, 6.45) is -0.555. The van der Waals surface area contributed by atoms with Gasteiger partial charge in [-0.05, 0) is 50.7 Å². The van der Waals surface area contributed by atoms with Crippen molar-refractivity contribution in [3.05, 3.63) is 31.6 Å². The molecule has 76 valence electrons. The normalized spacial score (nSPS) is 17.6. The topological polar surface area (TPSA) is 18.5 Å². The van der Waals surface area contributed by atoms with Crippen LogP contribution in [0.5, 0.6) is 0 Å². The van der Waals surface area contributed by atoms with Crippen LogP contribution < -0.4 is 0 Å². The Labute approximate surface area is 103 Å². The summed E-state index contributed by atoms with van der Waals surface area (Å²) in [5, 5.41) is 0. The van der Waals surface area contributed by atoms with E-state index in [1.165, 1.54) is 0 Å². The van der Waals surface area contributed by atoms with Crippen molar-refractivity contribution in [3.8, 4) is 0 Å². The van der Waals surface area contributed by atoms with Crippen LogP contribution in [0.1, 0.15) is 11.9 Å². The van der Waals surface area contributed by atoms with E-state index in [1.807, 2.05) is 0 Å². The fourth-order valence-corrected chi connectivity index (χ4v) is 2.84. The monoisotopic (exact) mass is 372 g/mol. The molecule has 1 heterocycles. The Balaban J connectivity index is 2.40. The van der Waals surface area contributed by atoms with E-state index >= 15 is 0 Å². The van der Waals surface area contributed by atoms with Crippen LogP contribution in [0.15, 0.2) is 16.6 Å². The Morgan fingerprint density at radius 3 is 2.64 bits per heavy atom. The standard InChI is InChI=1S/C9H7BrFIO2/c10-7-4-5(12)3-6(8(7)11)9-13-1-2-14-9/h3-4,9H,1-2H2. The smallest absolute Gasteiger partial charge is 0.186 e. The van der Waals surface area contributed by atoms with Crippen molar-refractivity contribution < 1.29 is 13.9 Å². The number of benzene rings is 1. The predicted molar refractivity (Wildman–Crippen MR) is 61.5 cm³/mol. The fraction of sp³-hybridized carbons (Fsp3) is 0.333. The maximum Gasteiger partial charge on any atom is 0.186 e. The first-order valence-corrected chi connectivity index (χ1v) is 5.93. The van der Waals surface area contributed by atoms with Crippen molar-refractivity contribution >= 4 is 38.5 Å². The van der Waals surface area contributed by atoms with Gasteiger partial charge in [-0.1, -0.05) is 0 Å². The molecule has 0 saturated carbocycles. The Kier molecular flexibility index (Phi) is 3.41. The third kappa shape index (κ3) is 2.10. The summed E-state index contributed by atoms with van der Waals surface area (Å²) >= 11 is 5.28. The van der Waals surface area contributed by atoms with Crippen LogP contribution in [0.3, 0.4) is 0 Å². The largest absolute Gasteiger partial charge is 0.346 e. The van der Waals surface area contributed by atoms with Crippen molar-refractivity contribution in [2.24, 2.45) is 0 Å². The lowest BCUT2D eigenvalue weighted by molar-refractivity contribution is -0.0465. The van der Waals surface area contributed by atoms with E-state index in [2.05, 4.69) is 38.5 Å². The van der Waals surface area contributed by atoms with Crippen LogP contribution in [0.25, 0.3) is 0 Å². The molecule has 1 fully saturated rings. The van der Waals surface area contributed by atoms with Crippen molar-refractivity contribution in [2.45, 2.75) is 6.29 Å². The Morgan fingerprint density at radius 2 is 2.00 bits per heavy atom. The van der Waals surface area contributed by atoms with E-state index in [4.69, 9.17) is 9.47 Å². The van der Waals surface area contributed by atoms with E-state index < -0.39 is 6.29 Å². The fourth-order valence-electron chi connectivity index (χ4n) is 1.29. The molecule has 0 atom stereocenters. The molecular weight excluding hydrogens is 366 g/mol. The van der Waals surface area contributed by atoms with Gasteiger partial charge in [0.05, 0.1) is 17.7 Å². The Hall–Kier alpha value is 0.280. The molecule has 0 amide bonds. The van der Waals surface area contributed by atoms with E-state index in [0.29, 0.717) is 23.2 Å². The zero-order valence-corrected chi connectivity index (χ0v) is 10.8. The second-order valence-corrected chi connectivity index (χ2v) is 4.96. The average Bonchev–Trinajstić information content (AvgIpc) is 2.63. The van der Waals surface area contributed by atoms with Gasteiger partial charge in [0.25, 0.3) is 0 Å². The van der Waals surface area contributed by atoms with Gasteiger partial charge in [-0.3, -0.25) is 0 Å². The minimum Gasteiger partial charge on any atom is -0.346 e. The van der Waals surface area contributed by atoms with E-state index in [-0.39, 0.29) is 5.82 Å². The molecule has 14 heavy (non-hydrogen) atoms. The van der Waals surface area contributed by atoms with E-state index in [1.54, 1.807) is 12.1 Å². The summed E-state index contributed by atoms with van der Waals surface area (Å²) in [5.41, 5.74) is 0.460. The van der Waals surface area contributed by atoms with Crippen LogP contribution in [0, 0.1) is 9.39 Å². The van der Waals surface area contributed by atoms with Crippen LogP contribution in [-0.4, -0.2) is 13.2 Å². The lowest BCUT2D eigenvalue weighted by Gasteiger charge is -2.11. The second kappa shape index (κ2) is 4.42. The van der Waals surface area contributed by atoms with Crippen molar-refractivity contribution in [1.82, 2.24) is 0 Å². The van der Waals surface area contributed by atoms with Gasteiger partial charge in [-0.25, -0.2) is 4.39 Å². The zero-order chi connectivity index (χ0) is 10.1. The number of hydrogen-bond donors (Lipinski definition) is 0. The van der Waals surface area contributed by atoms with Crippen molar-refractivity contribution in [3.63, 3.8) is 0 Å². The van der Waals surface area contributed by atoms with Gasteiger partial charge >= 0.3 is 0 Å². The lowest BCUT2D eigenvalue weighted by atomic mass is 10.2. The molecule has 0 N–H and O–H groups in total. The molecule has 1 saturated heterocycles. The van der Waals surface area contributed by atoms with Crippen LogP contribution in [-0.2, 0) is 9.47 Å². The number of ether oxygens (including phenoxy) is 2. The molecule has 2 rings (SSSR count). The molecule has 0 aromatic heterocycles. The summed E-state index contributed by atoms with van der Waals surface area (Å²) < 4.78 is 25.5. The summed E-state index contributed by atoms with van der Waals surface area (Å²) in [5.74, 6) is -0.308. The van der Waals surface area contributed by atoms with Gasteiger partial charge in [0.15, 0.2) is 6.29 Å². The molecular formula is C9H7BrFIO2. The molecule has 0 radical (unpaired) electrons. The van der Waals surface area contributed by atoms with Crippen LogP contribution in [0.4, 0.5) is 4.39 Å². The average molecular weight is 373 g/mol. The maximum atomic E-state index is 13.6. The van der Waals surface area contributed by atoms with Crippen LogP contribution in [0.2, 0.25) is 0 Å². The third-order valence-corrected chi connectivity index (χ3v) is 3.10. The minimum absolute atomic E-state index is 0.308. The highest BCUT2D eigenvalue weighted by atomic mass is 127. The molecule has 2 nitrogen and oxygen atoms in total. The molecule has 1 aliphatic rings. The summed E-state index contributed by atoms with van der Waals surface area (Å²) in [4.78, 5) is 0. The van der Waals surface area contributed by atoms with Gasteiger partial charge in [0.1, 0.15) is 5.82 Å². The molecule has 5 heteroatoms. The lowest BCUT2D eigenvalue weighted by Crippen LogP contribution is -2.02. The predicted octanol–water partition coefficient (Wildman–Crippen LogP) is 3.24. The van der Waals surface area contributed by atoms with Gasteiger partial charge in [-0.2, -0.15) is 0 Å². The van der Waals surface area contributed by atoms with Crippen LogP contribution >= 0.6 is 38.5 Å². The highest BCUT2D eigenvalue weighted by molar-refractivity contribution is 14.1. The SMILES string of the molecule is Fc1c(Br)cc(I)cc1C1OCCO1.